The van der Waals surface area contributed by atoms with E-state index in [-0.39, 0.29) is 45.0 Å². The number of cyclic esters (lactones) is 1. The summed E-state index contributed by atoms with van der Waals surface area (Å²) in [7, 11) is 0. The summed E-state index contributed by atoms with van der Waals surface area (Å²) in [6, 6.07) is 0. The fraction of sp³-hybridized carbons (Fsp3) is 0.643. The van der Waals surface area contributed by atoms with E-state index >= 15 is 0 Å². The quantitative estimate of drug-likeness (QED) is 0.722. The van der Waals surface area contributed by atoms with Crippen LogP contribution < -0.4 is 0 Å². The van der Waals surface area contributed by atoms with Crippen LogP contribution in [0.4, 0.5) is 9.18 Å². The van der Waals surface area contributed by atoms with Crippen LogP contribution in [0.15, 0.2) is 11.3 Å². The van der Waals surface area contributed by atoms with Crippen molar-refractivity contribution < 1.29 is 28.6 Å². The van der Waals surface area contributed by atoms with Crippen LogP contribution >= 0.6 is 0 Å². The minimum Gasteiger partial charge on any atom is -0.465 e. The average molecular weight is 312 g/mol. The maximum atomic E-state index is 14.6. The highest BCUT2D eigenvalue weighted by atomic mass is 19.1. The lowest BCUT2D eigenvalue weighted by molar-refractivity contribution is -0.139. The summed E-state index contributed by atoms with van der Waals surface area (Å²) < 4.78 is 19.5. The summed E-state index contributed by atoms with van der Waals surface area (Å²) >= 11 is 0. The molecule has 2 fully saturated rings. The van der Waals surface area contributed by atoms with Crippen molar-refractivity contribution in [2.75, 3.05) is 26.2 Å². The SMILES string of the molecule is CC1=C(N2CC(F)C3(CCN(C(=O)O)CC3)C2=O)COC1=O. The molecule has 120 valence electrons. The molecule has 2 saturated heterocycles. The molecule has 3 aliphatic heterocycles. The van der Waals surface area contributed by atoms with E-state index in [1.54, 1.807) is 6.92 Å². The van der Waals surface area contributed by atoms with Crippen LogP contribution in [-0.4, -0.2) is 65.3 Å². The number of halogens is 1. The molecule has 0 saturated carbocycles. The van der Waals surface area contributed by atoms with Gasteiger partial charge < -0.3 is 19.6 Å². The van der Waals surface area contributed by atoms with E-state index in [0.717, 1.165) is 0 Å². The second-order valence-electron chi connectivity index (χ2n) is 5.96. The number of hydrogen-bond donors (Lipinski definition) is 1. The molecular weight excluding hydrogens is 295 g/mol. The minimum absolute atomic E-state index is 0.0134. The number of piperidine rings is 1. The van der Waals surface area contributed by atoms with Crippen LogP contribution in [0.1, 0.15) is 19.8 Å². The molecule has 7 nitrogen and oxygen atoms in total. The average Bonchev–Trinajstić information content (AvgIpc) is 2.93. The first-order valence-electron chi connectivity index (χ1n) is 7.17. The molecule has 1 N–H and O–H groups in total. The number of ether oxygens (including phenoxy) is 1. The Morgan fingerprint density at radius 1 is 1.36 bits per heavy atom. The first-order chi connectivity index (χ1) is 10.4. The van der Waals surface area contributed by atoms with E-state index in [9.17, 15) is 18.8 Å². The molecule has 1 atom stereocenters. The van der Waals surface area contributed by atoms with Gasteiger partial charge in [-0.3, -0.25) is 4.79 Å². The maximum Gasteiger partial charge on any atom is 0.407 e. The zero-order valence-corrected chi connectivity index (χ0v) is 12.2. The van der Waals surface area contributed by atoms with Crippen LogP contribution in [0.3, 0.4) is 0 Å². The molecule has 22 heavy (non-hydrogen) atoms. The largest absolute Gasteiger partial charge is 0.465 e. The number of likely N-dealkylation sites (tertiary alicyclic amines) is 2. The number of hydrogen-bond acceptors (Lipinski definition) is 4. The lowest BCUT2D eigenvalue weighted by Gasteiger charge is -2.37. The van der Waals surface area contributed by atoms with Gasteiger partial charge in [-0.25, -0.2) is 14.0 Å². The molecule has 3 rings (SSSR count). The predicted octanol–water partition coefficient (Wildman–Crippen LogP) is 0.758. The molecule has 0 bridgehead atoms. The summed E-state index contributed by atoms with van der Waals surface area (Å²) in [5, 5.41) is 8.97. The lowest BCUT2D eigenvalue weighted by atomic mass is 9.76. The molecule has 2 amide bonds. The van der Waals surface area contributed by atoms with Crippen LogP contribution in [0.2, 0.25) is 0 Å². The molecule has 0 aromatic heterocycles. The van der Waals surface area contributed by atoms with E-state index in [1.165, 1.54) is 9.80 Å². The van der Waals surface area contributed by atoms with Crippen LogP contribution in [0, 0.1) is 5.41 Å². The van der Waals surface area contributed by atoms with Gasteiger partial charge in [-0.1, -0.05) is 0 Å². The fourth-order valence-corrected chi connectivity index (χ4v) is 3.43. The van der Waals surface area contributed by atoms with E-state index < -0.39 is 23.6 Å². The predicted molar refractivity (Wildman–Crippen MR) is 71.5 cm³/mol. The van der Waals surface area contributed by atoms with Crippen molar-refractivity contribution in [3.05, 3.63) is 11.3 Å². The molecule has 0 aromatic carbocycles. The van der Waals surface area contributed by atoms with Gasteiger partial charge in [-0.2, -0.15) is 0 Å². The van der Waals surface area contributed by atoms with Crippen LogP contribution in [0.5, 0.6) is 0 Å². The molecule has 0 radical (unpaired) electrons. The van der Waals surface area contributed by atoms with Gasteiger partial charge in [0.15, 0.2) is 0 Å². The molecular formula is C14H17FN2O5. The monoisotopic (exact) mass is 312 g/mol. The minimum atomic E-state index is -1.37. The second-order valence-corrected chi connectivity index (χ2v) is 5.96. The smallest absolute Gasteiger partial charge is 0.407 e. The van der Waals surface area contributed by atoms with Crippen molar-refractivity contribution in [3.8, 4) is 0 Å². The molecule has 0 aliphatic carbocycles. The normalized spacial score (nSPS) is 27.8. The second kappa shape index (κ2) is 4.96. The van der Waals surface area contributed by atoms with Crippen molar-refractivity contribution in [1.82, 2.24) is 9.80 Å². The Balaban J connectivity index is 1.83. The summed E-state index contributed by atoms with van der Waals surface area (Å²) in [6.07, 6.45) is -2.10. The molecule has 0 aromatic rings. The molecule has 1 spiro atoms. The highest BCUT2D eigenvalue weighted by Crippen LogP contribution is 2.45. The number of carbonyl (C=O) groups is 3. The zero-order chi connectivity index (χ0) is 16.1. The number of nitrogens with zero attached hydrogens (tertiary/aromatic N) is 2. The Labute approximate surface area is 126 Å². The highest BCUT2D eigenvalue weighted by Gasteiger charge is 2.57. The number of rotatable bonds is 1. The summed E-state index contributed by atoms with van der Waals surface area (Å²) in [5.41, 5.74) is -0.416. The molecule has 8 heteroatoms. The Morgan fingerprint density at radius 3 is 2.50 bits per heavy atom. The van der Waals surface area contributed by atoms with Crippen molar-refractivity contribution in [2.45, 2.75) is 25.9 Å². The van der Waals surface area contributed by atoms with E-state index in [1.807, 2.05) is 0 Å². The number of carbonyl (C=O) groups excluding carboxylic acids is 2. The van der Waals surface area contributed by atoms with E-state index in [2.05, 4.69) is 0 Å². The fourth-order valence-electron chi connectivity index (χ4n) is 3.43. The van der Waals surface area contributed by atoms with E-state index in [4.69, 9.17) is 9.84 Å². The first-order valence-corrected chi connectivity index (χ1v) is 7.17. The maximum absolute atomic E-state index is 14.6. The third-order valence-corrected chi connectivity index (χ3v) is 4.94. The summed E-state index contributed by atoms with van der Waals surface area (Å²) in [4.78, 5) is 37.6. The van der Waals surface area contributed by atoms with Gasteiger partial charge in [0, 0.05) is 13.1 Å². The van der Waals surface area contributed by atoms with Gasteiger partial charge in [0.05, 0.1) is 23.2 Å². The first kappa shape index (κ1) is 14.8. The van der Waals surface area contributed by atoms with Gasteiger partial charge >= 0.3 is 12.1 Å². The van der Waals surface area contributed by atoms with E-state index in [0.29, 0.717) is 11.3 Å². The van der Waals surface area contributed by atoms with Crippen molar-refractivity contribution in [2.24, 2.45) is 5.41 Å². The van der Waals surface area contributed by atoms with Crippen molar-refractivity contribution in [3.63, 3.8) is 0 Å². The van der Waals surface area contributed by atoms with Gasteiger partial charge in [0.1, 0.15) is 12.8 Å². The third-order valence-electron chi connectivity index (χ3n) is 4.94. The molecule has 1 unspecified atom stereocenters. The third kappa shape index (κ3) is 1.97. The Hall–Kier alpha value is -2.12. The van der Waals surface area contributed by atoms with Gasteiger partial charge in [0.2, 0.25) is 5.91 Å². The van der Waals surface area contributed by atoms with Crippen molar-refractivity contribution in [1.29, 1.82) is 0 Å². The summed E-state index contributed by atoms with van der Waals surface area (Å²) in [5.74, 6) is -0.849. The lowest BCUT2D eigenvalue weighted by Crippen LogP contribution is -2.49. The van der Waals surface area contributed by atoms with Crippen molar-refractivity contribution >= 4 is 18.0 Å². The molecule has 3 heterocycles. The highest BCUT2D eigenvalue weighted by molar-refractivity contribution is 5.94. The number of esters is 1. The summed E-state index contributed by atoms with van der Waals surface area (Å²) in [6.45, 7) is 1.73. The number of carboxylic acid groups (broad SMARTS) is 1. The Kier molecular flexibility index (Phi) is 3.34. The van der Waals surface area contributed by atoms with Crippen LogP contribution in [-0.2, 0) is 14.3 Å². The molecule has 3 aliphatic rings. The zero-order valence-electron chi connectivity index (χ0n) is 12.2. The topological polar surface area (TPSA) is 87.2 Å². The van der Waals surface area contributed by atoms with Gasteiger partial charge in [-0.15, -0.1) is 0 Å². The standard InChI is InChI=1S/C14H17FN2O5/c1-8-9(7-22-11(8)18)17-6-10(15)14(12(17)19)2-4-16(5-3-14)13(20)21/h10H,2-7H2,1H3,(H,20,21). The van der Waals surface area contributed by atoms with Gasteiger partial charge in [-0.05, 0) is 19.8 Å². The Bertz CT molecular complexity index is 580. The van der Waals surface area contributed by atoms with Gasteiger partial charge in [0.25, 0.3) is 0 Å². The number of alkyl halides is 1. The number of amides is 2. The van der Waals surface area contributed by atoms with Crippen LogP contribution in [0.25, 0.3) is 0 Å². The Morgan fingerprint density at radius 2 is 2.00 bits per heavy atom.